The number of benzene rings is 1. The summed E-state index contributed by atoms with van der Waals surface area (Å²) in [5, 5.41) is 0. The van der Waals surface area contributed by atoms with Gasteiger partial charge in [-0.2, -0.15) is 0 Å². The maximum atomic E-state index is 12.0. The SMILES string of the molecule is NCc1ccc(CCF)c(Br)c1. The Hall–Kier alpha value is -0.410. The van der Waals surface area contributed by atoms with Crippen LogP contribution in [0.4, 0.5) is 4.39 Å². The summed E-state index contributed by atoms with van der Waals surface area (Å²) in [6, 6.07) is 5.77. The van der Waals surface area contributed by atoms with Crippen LogP contribution in [0.1, 0.15) is 11.1 Å². The molecule has 2 N–H and O–H groups in total. The van der Waals surface area contributed by atoms with Gasteiger partial charge in [0, 0.05) is 17.4 Å². The Labute approximate surface area is 79.9 Å². The van der Waals surface area contributed by atoms with E-state index in [0.717, 1.165) is 15.6 Å². The van der Waals surface area contributed by atoms with Crippen molar-refractivity contribution in [3.63, 3.8) is 0 Å². The molecule has 1 aromatic rings. The van der Waals surface area contributed by atoms with Gasteiger partial charge in [-0.3, -0.25) is 4.39 Å². The molecule has 1 rings (SSSR count). The molecule has 0 heterocycles. The van der Waals surface area contributed by atoms with Gasteiger partial charge < -0.3 is 5.73 Å². The molecule has 66 valence electrons. The van der Waals surface area contributed by atoms with Crippen LogP contribution in [-0.4, -0.2) is 6.67 Å². The lowest BCUT2D eigenvalue weighted by Crippen LogP contribution is -1.97. The van der Waals surface area contributed by atoms with Crippen molar-refractivity contribution < 1.29 is 4.39 Å². The molecule has 0 aliphatic carbocycles. The number of alkyl halides is 1. The molecule has 0 saturated carbocycles. The zero-order valence-corrected chi connectivity index (χ0v) is 8.27. The lowest BCUT2D eigenvalue weighted by molar-refractivity contribution is 0.495. The van der Waals surface area contributed by atoms with Crippen molar-refractivity contribution in [1.82, 2.24) is 0 Å². The van der Waals surface area contributed by atoms with Crippen LogP contribution in [0, 0.1) is 0 Å². The minimum atomic E-state index is -0.319. The van der Waals surface area contributed by atoms with Crippen LogP contribution in [-0.2, 0) is 13.0 Å². The summed E-state index contributed by atoms with van der Waals surface area (Å²) >= 11 is 3.37. The van der Waals surface area contributed by atoms with E-state index in [1.165, 1.54) is 0 Å². The molecular formula is C9H11BrFN. The van der Waals surface area contributed by atoms with E-state index in [2.05, 4.69) is 15.9 Å². The second kappa shape index (κ2) is 4.58. The average Bonchev–Trinajstić information content (AvgIpc) is 2.09. The molecule has 0 bridgehead atoms. The van der Waals surface area contributed by atoms with Gasteiger partial charge in [-0.1, -0.05) is 28.1 Å². The third-order valence-corrected chi connectivity index (χ3v) is 2.46. The Morgan fingerprint density at radius 2 is 2.17 bits per heavy atom. The van der Waals surface area contributed by atoms with Crippen LogP contribution in [0.5, 0.6) is 0 Å². The lowest BCUT2D eigenvalue weighted by Gasteiger charge is -2.03. The number of aryl methyl sites for hydroxylation is 1. The van der Waals surface area contributed by atoms with E-state index in [9.17, 15) is 4.39 Å². The first kappa shape index (κ1) is 9.68. The van der Waals surface area contributed by atoms with Gasteiger partial charge >= 0.3 is 0 Å². The van der Waals surface area contributed by atoms with E-state index in [1.54, 1.807) is 0 Å². The molecule has 3 heteroatoms. The number of nitrogens with two attached hydrogens (primary N) is 1. The van der Waals surface area contributed by atoms with Crippen LogP contribution in [0.3, 0.4) is 0 Å². The maximum Gasteiger partial charge on any atom is 0.0935 e. The molecular weight excluding hydrogens is 221 g/mol. The molecule has 12 heavy (non-hydrogen) atoms. The van der Waals surface area contributed by atoms with Gasteiger partial charge in [-0.25, -0.2) is 0 Å². The summed E-state index contributed by atoms with van der Waals surface area (Å²) in [5.74, 6) is 0. The van der Waals surface area contributed by atoms with E-state index >= 15 is 0 Å². The highest BCUT2D eigenvalue weighted by atomic mass is 79.9. The van der Waals surface area contributed by atoms with Gasteiger partial charge in [-0.05, 0) is 17.2 Å². The van der Waals surface area contributed by atoms with Gasteiger partial charge in [-0.15, -0.1) is 0 Å². The Morgan fingerprint density at radius 3 is 2.67 bits per heavy atom. The minimum absolute atomic E-state index is 0.319. The second-order valence-electron chi connectivity index (χ2n) is 2.57. The van der Waals surface area contributed by atoms with Gasteiger partial charge in [0.05, 0.1) is 6.67 Å². The van der Waals surface area contributed by atoms with Crippen LogP contribution < -0.4 is 5.73 Å². The predicted octanol–water partition coefficient (Wildman–Crippen LogP) is 2.42. The number of rotatable bonds is 3. The van der Waals surface area contributed by atoms with Crippen molar-refractivity contribution in [1.29, 1.82) is 0 Å². The molecule has 1 aromatic carbocycles. The smallest absolute Gasteiger partial charge is 0.0935 e. The Kier molecular flexibility index (Phi) is 3.69. The normalized spacial score (nSPS) is 10.2. The van der Waals surface area contributed by atoms with Crippen molar-refractivity contribution in [3.05, 3.63) is 33.8 Å². The molecule has 0 fully saturated rings. The number of halogens is 2. The first-order valence-corrected chi connectivity index (χ1v) is 4.60. The van der Waals surface area contributed by atoms with Crippen molar-refractivity contribution >= 4 is 15.9 Å². The lowest BCUT2D eigenvalue weighted by atomic mass is 10.1. The Bertz CT molecular complexity index is 263. The van der Waals surface area contributed by atoms with Gasteiger partial charge in [0.25, 0.3) is 0 Å². The summed E-state index contributed by atoms with van der Waals surface area (Å²) in [5.41, 5.74) is 7.50. The monoisotopic (exact) mass is 231 g/mol. The van der Waals surface area contributed by atoms with E-state index < -0.39 is 0 Å². The highest BCUT2D eigenvalue weighted by molar-refractivity contribution is 9.10. The fourth-order valence-corrected chi connectivity index (χ4v) is 1.65. The number of hydrogen-bond donors (Lipinski definition) is 1. The average molecular weight is 232 g/mol. The summed E-state index contributed by atoms with van der Waals surface area (Å²) in [6.45, 7) is 0.203. The zero-order chi connectivity index (χ0) is 8.97. The maximum absolute atomic E-state index is 12.0. The standard InChI is InChI=1S/C9H11BrFN/c10-9-5-7(6-12)1-2-8(9)3-4-11/h1-2,5H,3-4,6,12H2. The molecule has 0 atom stereocenters. The van der Waals surface area contributed by atoms with Crippen LogP contribution in [0.25, 0.3) is 0 Å². The van der Waals surface area contributed by atoms with Crippen molar-refractivity contribution in [2.24, 2.45) is 5.73 Å². The molecule has 0 aromatic heterocycles. The van der Waals surface area contributed by atoms with Crippen molar-refractivity contribution in [2.45, 2.75) is 13.0 Å². The highest BCUT2D eigenvalue weighted by Crippen LogP contribution is 2.18. The zero-order valence-electron chi connectivity index (χ0n) is 6.69. The van der Waals surface area contributed by atoms with E-state index in [-0.39, 0.29) is 6.67 Å². The summed E-state index contributed by atoms with van der Waals surface area (Å²) in [4.78, 5) is 0. The van der Waals surface area contributed by atoms with Crippen molar-refractivity contribution in [3.8, 4) is 0 Å². The molecule has 1 nitrogen and oxygen atoms in total. The fraction of sp³-hybridized carbons (Fsp3) is 0.333. The molecule has 0 aliphatic rings. The molecule has 0 saturated heterocycles. The predicted molar refractivity (Wildman–Crippen MR) is 51.7 cm³/mol. The van der Waals surface area contributed by atoms with Gasteiger partial charge in [0.2, 0.25) is 0 Å². The van der Waals surface area contributed by atoms with Crippen molar-refractivity contribution in [2.75, 3.05) is 6.67 Å². The molecule has 0 aliphatic heterocycles. The first-order valence-electron chi connectivity index (χ1n) is 3.81. The quantitative estimate of drug-likeness (QED) is 0.850. The molecule has 0 unspecified atom stereocenters. The van der Waals surface area contributed by atoms with Gasteiger partial charge in [0.15, 0.2) is 0 Å². The first-order chi connectivity index (χ1) is 5.77. The third kappa shape index (κ3) is 2.29. The summed E-state index contributed by atoms with van der Waals surface area (Å²) in [6.07, 6.45) is 0.464. The van der Waals surface area contributed by atoms with Crippen LogP contribution in [0.15, 0.2) is 22.7 Å². The van der Waals surface area contributed by atoms with E-state index in [4.69, 9.17) is 5.73 Å². The van der Waals surface area contributed by atoms with Gasteiger partial charge in [0.1, 0.15) is 0 Å². The fourth-order valence-electron chi connectivity index (χ4n) is 1.02. The largest absolute Gasteiger partial charge is 0.326 e. The molecule has 0 radical (unpaired) electrons. The topological polar surface area (TPSA) is 26.0 Å². The van der Waals surface area contributed by atoms with E-state index in [1.807, 2.05) is 18.2 Å². The third-order valence-electron chi connectivity index (χ3n) is 1.72. The summed E-state index contributed by atoms with van der Waals surface area (Å²) < 4.78 is 12.9. The molecule has 0 spiro atoms. The Balaban J connectivity index is 2.87. The van der Waals surface area contributed by atoms with E-state index in [0.29, 0.717) is 13.0 Å². The summed E-state index contributed by atoms with van der Waals surface area (Å²) in [7, 11) is 0. The van der Waals surface area contributed by atoms with Crippen LogP contribution in [0.2, 0.25) is 0 Å². The van der Waals surface area contributed by atoms with Crippen LogP contribution >= 0.6 is 15.9 Å². The second-order valence-corrected chi connectivity index (χ2v) is 3.42. The number of hydrogen-bond acceptors (Lipinski definition) is 1. The highest BCUT2D eigenvalue weighted by Gasteiger charge is 1.99. The Morgan fingerprint density at radius 1 is 1.42 bits per heavy atom. The minimum Gasteiger partial charge on any atom is -0.326 e. The molecule has 0 amide bonds.